The summed E-state index contributed by atoms with van der Waals surface area (Å²) in [4.78, 5) is 12.5. The van der Waals surface area contributed by atoms with Gasteiger partial charge < -0.3 is 18.9 Å². The number of carbonyl (C=O) groups excluding carboxylic acids is 1. The second-order valence-corrected chi connectivity index (χ2v) is 8.35. The Bertz CT molecular complexity index is 765. The summed E-state index contributed by atoms with van der Waals surface area (Å²) < 4.78 is 24.9. The molecule has 2 aromatic rings. The van der Waals surface area contributed by atoms with Crippen molar-refractivity contribution in [2.24, 2.45) is 0 Å². The molecular weight excluding hydrogens is 483 g/mol. The first-order valence-corrected chi connectivity index (χ1v) is 11.0. The van der Waals surface area contributed by atoms with Crippen LogP contribution in [0.3, 0.4) is 0 Å². The highest BCUT2D eigenvalue weighted by atomic mass is 127. The van der Waals surface area contributed by atoms with E-state index in [0.717, 1.165) is 18.4 Å². The minimum Gasteiger partial charge on any atom is -0.456 e. The van der Waals surface area contributed by atoms with Crippen LogP contribution in [0.15, 0.2) is 54.6 Å². The van der Waals surface area contributed by atoms with Gasteiger partial charge in [0, 0.05) is 3.57 Å². The van der Waals surface area contributed by atoms with Crippen LogP contribution < -0.4 is 0 Å². The lowest BCUT2D eigenvalue weighted by Gasteiger charge is -2.38. The third kappa shape index (κ3) is 6.50. The van der Waals surface area contributed by atoms with Crippen LogP contribution in [0.1, 0.15) is 42.6 Å². The van der Waals surface area contributed by atoms with Gasteiger partial charge in [-0.2, -0.15) is 0 Å². The lowest BCUT2D eigenvalue weighted by molar-refractivity contribution is -0.280. The highest BCUT2D eigenvalue weighted by molar-refractivity contribution is 14.1. The Labute approximate surface area is 185 Å². The van der Waals surface area contributed by atoms with Crippen molar-refractivity contribution in [3.05, 3.63) is 69.3 Å². The summed E-state index contributed by atoms with van der Waals surface area (Å²) in [6.07, 6.45) is 0.259. The topological polar surface area (TPSA) is 54.0 Å². The maximum Gasteiger partial charge on any atom is 0.338 e. The van der Waals surface area contributed by atoms with Crippen molar-refractivity contribution < 1.29 is 23.7 Å². The second-order valence-electron chi connectivity index (χ2n) is 7.10. The number of hydrogen-bond donors (Lipinski definition) is 0. The average Bonchev–Trinajstić information content (AvgIpc) is 2.74. The molecule has 0 spiro atoms. The molecule has 1 fully saturated rings. The van der Waals surface area contributed by atoms with E-state index in [-0.39, 0.29) is 18.4 Å². The van der Waals surface area contributed by atoms with E-state index in [9.17, 15) is 4.79 Å². The van der Waals surface area contributed by atoms with Gasteiger partial charge in [-0.05, 0) is 65.8 Å². The van der Waals surface area contributed by atoms with Gasteiger partial charge in [0.15, 0.2) is 6.29 Å². The highest BCUT2D eigenvalue weighted by Crippen LogP contribution is 2.24. The van der Waals surface area contributed by atoms with Gasteiger partial charge in [0.25, 0.3) is 0 Å². The molecule has 0 amide bonds. The van der Waals surface area contributed by atoms with Crippen molar-refractivity contribution in [1.29, 1.82) is 0 Å². The Morgan fingerprint density at radius 3 is 2.59 bits per heavy atom. The largest absolute Gasteiger partial charge is 0.456 e. The predicted molar refractivity (Wildman–Crippen MR) is 119 cm³/mol. The molecule has 156 valence electrons. The van der Waals surface area contributed by atoms with Gasteiger partial charge in [0.2, 0.25) is 0 Å². The molecule has 1 heterocycles. The van der Waals surface area contributed by atoms with Crippen LogP contribution in [-0.4, -0.2) is 37.2 Å². The Kier molecular flexibility index (Phi) is 8.47. The van der Waals surface area contributed by atoms with Gasteiger partial charge >= 0.3 is 5.97 Å². The quantitative estimate of drug-likeness (QED) is 0.371. The Morgan fingerprint density at radius 1 is 1.17 bits per heavy atom. The predicted octanol–water partition coefficient (Wildman–Crippen LogP) is 4.96. The molecule has 0 N–H and O–H groups in total. The van der Waals surface area contributed by atoms with Crippen molar-refractivity contribution in [2.45, 2.75) is 57.9 Å². The van der Waals surface area contributed by atoms with Crippen LogP contribution in [-0.2, 0) is 25.6 Å². The first-order chi connectivity index (χ1) is 14.1. The Hall–Kier alpha value is -1.48. The molecule has 3 rings (SSSR count). The Balaban J connectivity index is 1.65. The van der Waals surface area contributed by atoms with E-state index in [1.807, 2.05) is 49.4 Å². The maximum absolute atomic E-state index is 12.5. The Morgan fingerprint density at radius 2 is 1.90 bits per heavy atom. The normalized spacial score (nSPS) is 22.8. The van der Waals surface area contributed by atoms with E-state index in [4.69, 9.17) is 18.9 Å². The molecule has 4 atom stereocenters. The van der Waals surface area contributed by atoms with Crippen molar-refractivity contribution >= 4 is 28.6 Å². The standard InChI is InChI=1S/C23H27IO5/c1-3-7-21-27-15-20(26-14-17-10-12-19(24)13-11-17)22(29-21)16(2)28-23(25)18-8-5-4-6-9-18/h4-6,8-13,16,20-22H,3,7,14-15H2,1-2H3/t16?,20-,21+,22-/m1/s1. The lowest BCUT2D eigenvalue weighted by Crippen LogP contribution is -2.51. The minimum atomic E-state index is -0.465. The molecule has 6 heteroatoms. The van der Waals surface area contributed by atoms with E-state index in [2.05, 4.69) is 29.5 Å². The van der Waals surface area contributed by atoms with Gasteiger partial charge in [0.05, 0.1) is 18.8 Å². The first-order valence-electron chi connectivity index (χ1n) is 9.96. The van der Waals surface area contributed by atoms with Gasteiger partial charge in [-0.15, -0.1) is 0 Å². The first kappa shape index (κ1) is 22.2. The summed E-state index contributed by atoms with van der Waals surface area (Å²) in [5.41, 5.74) is 1.60. The molecule has 1 aliphatic rings. The summed E-state index contributed by atoms with van der Waals surface area (Å²) in [6, 6.07) is 17.2. The van der Waals surface area contributed by atoms with E-state index in [1.54, 1.807) is 12.1 Å². The van der Waals surface area contributed by atoms with Crippen LogP contribution >= 0.6 is 22.6 Å². The summed E-state index contributed by atoms with van der Waals surface area (Å²) in [7, 11) is 0. The fraction of sp³-hybridized carbons (Fsp3) is 0.435. The number of benzene rings is 2. The van der Waals surface area contributed by atoms with Crippen LogP contribution in [0, 0.1) is 3.57 Å². The van der Waals surface area contributed by atoms with Crippen LogP contribution in [0.4, 0.5) is 0 Å². The van der Waals surface area contributed by atoms with Gasteiger partial charge in [-0.25, -0.2) is 4.79 Å². The average molecular weight is 510 g/mol. The molecule has 1 unspecified atom stereocenters. The maximum atomic E-state index is 12.5. The number of hydrogen-bond acceptors (Lipinski definition) is 5. The van der Waals surface area contributed by atoms with Gasteiger partial charge in [0.1, 0.15) is 18.3 Å². The molecule has 1 saturated heterocycles. The SMILES string of the molecule is CCC[C@H]1OC[C@@H](OCc2ccc(I)cc2)[C@@H](C(C)OC(=O)c2ccccc2)O1. The summed E-state index contributed by atoms with van der Waals surface area (Å²) in [5.74, 6) is -0.364. The number of esters is 1. The second kappa shape index (κ2) is 11.1. The van der Waals surface area contributed by atoms with Gasteiger partial charge in [-0.1, -0.05) is 43.7 Å². The molecule has 29 heavy (non-hydrogen) atoms. The van der Waals surface area contributed by atoms with E-state index in [1.165, 1.54) is 3.57 Å². The zero-order chi connectivity index (χ0) is 20.6. The molecule has 0 aliphatic carbocycles. The molecule has 1 aliphatic heterocycles. The molecular formula is C23H27IO5. The number of rotatable bonds is 8. The summed E-state index contributed by atoms with van der Waals surface area (Å²) >= 11 is 2.28. The molecule has 0 radical (unpaired) electrons. The fourth-order valence-corrected chi connectivity index (χ4v) is 3.56. The third-order valence-electron chi connectivity index (χ3n) is 4.79. The number of halogens is 1. The van der Waals surface area contributed by atoms with Crippen LogP contribution in [0.5, 0.6) is 0 Å². The van der Waals surface area contributed by atoms with Crippen LogP contribution in [0.25, 0.3) is 0 Å². The zero-order valence-corrected chi connectivity index (χ0v) is 18.9. The number of carbonyl (C=O) groups is 1. The van der Waals surface area contributed by atoms with E-state index in [0.29, 0.717) is 18.8 Å². The smallest absolute Gasteiger partial charge is 0.338 e. The zero-order valence-electron chi connectivity index (χ0n) is 16.8. The number of ether oxygens (including phenoxy) is 4. The molecule has 2 aromatic carbocycles. The molecule has 0 saturated carbocycles. The fourth-order valence-electron chi connectivity index (χ4n) is 3.20. The summed E-state index contributed by atoms with van der Waals surface area (Å²) in [6.45, 7) is 4.79. The molecule has 0 aromatic heterocycles. The van der Waals surface area contributed by atoms with Gasteiger partial charge in [-0.3, -0.25) is 0 Å². The minimum absolute atomic E-state index is 0.305. The third-order valence-corrected chi connectivity index (χ3v) is 5.51. The van der Waals surface area contributed by atoms with E-state index < -0.39 is 12.2 Å². The molecule has 0 bridgehead atoms. The highest BCUT2D eigenvalue weighted by Gasteiger charge is 2.38. The monoisotopic (exact) mass is 510 g/mol. The van der Waals surface area contributed by atoms with Crippen molar-refractivity contribution in [2.75, 3.05) is 6.61 Å². The van der Waals surface area contributed by atoms with Crippen LogP contribution in [0.2, 0.25) is 0 Å². The summed E-state index contributed by atoms with van der Waals surface area (Å²) in [5, 5.41) is 0. The van der Waals surface area contributed by atoms with Crippen molar-refractivity contribution in [3.63, 3.8) is 0 Å². The van der Waals surface area contributed by atoms with E-state index >= 15 is 0 Å². The molecule has 5 nitrogen and oxygen atoms in total. The lowest BCUT2D eigenvalue weighted by atomic mass is 10.1. The van der Waals surface area contributed by atoms with Crippen molar-refractivity contribution in [3.8, 4) is 0 Å². The van der Waals surface area contributed by atoms with Crippen molar-refractivity contribution in [1.82, 2.24) is 0 Å².